The molecule has 9 heteroatoms. The van der Waals surface area contributed by atoms with Gasteiger partial charge in [0.2, 0.25) is 0 Å². The minimum atomic E-state index is -4.19. The number of aromatic carboxylic acids is 1. The van der Waals surface area contributed by atoms with E-state index < -0.39 is 32.3 Å². The van der Waals surface area contributed by atoms with Crippen LogP contribution in [-0.2, 0) is 10.0 Å². The molecule has 1 heterocycles. The Hall–Kier alpha value is -2.94. The molecule has 2 aromatic carbocycles. The molecule has 0 unspecified atom stereocenters. The average molecular weight is 349 g/mol. The molecule has 7 nitrogen and oxygen atoms in total. The summed E-state index contributed by atoms with van der Waals surface area (Å²) in [6.07, 6.45) is 1.45. The van der Waals surface area contributed by atoms with Crippen molar-refractivity contribution >= 4 is 32.6 Å². The van der Waals surface area contributed by atoms with Crippen LogP contribution in [0.15, 0.2) is 41.4 Å². The molecule has 0 aliphatic heterocycles. The summed E-state index contributed by atoms with van der Waals surface area (Å²) in [5.74, 6) is -2.32. The Labute approximate surface area is 136 Å². The first-order valence-electron chi connectivity index (χ1n) is 6.78. The Morgan fingerprint density at radius 1 is 1.33 bits per heavy atom. The number of aromatic nitrogens is 2. The molecule has 0 bridgehead atoms. The van der Waals surface area contributed by atoms with E-state index in [9.17, 15) is 17.6 Å². The zero-order valence-electron chi connectivity index (χ0n) is 12.4. The van der Waals surface area contributed by atoms with Crippen molar-refractivity contribution in [3.05, 3.63) is 53.5 Å². The van der Waals surface area contributed by atoms with Gasteiger partial charge < -0.3 is 5.11 Å². The summed E-state index contributed by atoms with van der Waals surface area (Å²) >= 11 is 0. The number of halogens is 1. The third kappa shape index (κ3) is 2.69. The average Bonchev–Trinajstić information content (AvgIpc) is 2.98. The first kappa shape index (κ1) is 15.9. The van der Waals surface area contributed by atoms with Crippen molar-refractivity contribution in [2.24, 2.45) is 0 Å². The summed E-state index contributed by atoms with van der Waals surface area (Å²) in [6, 6.07) is 6.59. The lowest BCUT2D eigenvalue weighted by atomic mass is 10.1. The number of hydrogen-bond acceptors (Lipinski definition) is 4. The van der Waals surface area contributed by atoms with E-state index in [4.69, 9.17) is 5.11 Å². The maximum Gasteiger partial charge on any atom is 0.335 e. The molecule has 0 radical (unpaired) electrons. The molecule has 24 heavy (non-hydrogen) atoms. The lowest BCUT2D eigenvalue weighted by Crippen LogP contribution is -2.16. The minimum Gasteiger partial charge on any atom is -0.478 e. The lowest BCUT2D eigenvalue weighted by molar-refractivity contribution is 0.0696. The Kier molecular flexibility index (Phi) is 3.72. The van der Waals surface area contributed by atoms with Crippen LogP contribution in [0.2, 0.25) is 0 Å². The van der Waals surface area contributed by atoms with Crippen LogP contribution in [-0.4, -0.2) is 29.7 Å². The number of fused-ring (bicyclic) bond motifs is 1. The van der Waals surface area contributed by atoms with Gasteiger partial charge >= 0.3 is 5.97 Å². The third-order valence-electron chi connectivity index (χ3n) is 3.56. The molecule has 0 atom stereocenters. The fourth-order valence-electron chi connectivity index (χ4n) is 2.31. The first-order valence-corrected chi connectivity index (χ1v) is 8.26. The van der Waals surface area contributed by atoms with Crippen LogP contribution < -0.4 is 4.72 Å². The van der Waals surface area contributed by atoms with Gasteiger partial charge in [-0.05, 0) is 31.2 Å². The Morgan fingerprint density at radius 2 is 2.08 bits per heavy atom. The van der Waals surface area contributed by atoms with Crippen molar-refractivity contribution in [1.29, 1.82) is 0 Å². The van der Waals surface area contributed by atoms with Crippen molar-refractivity contribution in [3.63, 3.8) is 0 Å². The molecule has 0 fully saturated rings. The molecule has 3 aromatic rings. The third-order valence-corrected chi connectivity index (χ3v) is 5.05. The molecule has 0 aliphatic rings. The summed E-state index contributed by atoms with van der Waals surface area (Å²) in [7, 11) is -4.19. The monoisotopic (exact) mass is 349 g/mol. The van der Waals surface area contributed by atoms with Crippen molar-refractivity contribution in [2.75, 3.05) is 4.72 Å². The molecular weight excluding hydrogens is 337 g/mol. The fraction of sp³-hybridized carbons (Fsp3) is 0.0667. The van der Waals surface area contributed by atoms with Gasteiger partial charge in [0.25, 0.3) is 10.0 Å². The van der Waals surface area contributed by atoms with E-state index in [1.54, 1.807) is 12.1 Å². The number of anilines is 1. The topological polar surface area (TPSA) is 112 Å². The van der Waals surface area contributed by atoms with Gasteiger partial charge in [0, 0.05) is 10.9 Å². The molecule has 0 saturated carbocycles. The fourth-order valence-corrected chi connectivity index (χ4v) is 3.67. The summed E-state index contributed by atoms with van der Waals surface area (Å²) in [5.41, 5.74) is 0.269. The molecule has 0 amide bonds. The van der Waals surface area contributed by atoms with E-state index in [2.05, 4.69) is 14.9 Å². The highest BCUT2D eigenvalue weighted by molar-refractivity contribution is 7.92. The van der Waals surface area contributed by atoms with Gasteiger partial charge in [-0.15, -0.1) is 0 Å². The zero-order valence-corrected chi connectivity index (χ0v) is 13.2. The molecule has 3 N–H and O–H groups in total. The van der Waals surface area contributed by atoms with Gasteiger partial charge in [-0.25, -0.2) is 17.6 Å². The van der Waals surface area contributed by atoms with Gasteiger partial charge in [-0.2, -0.15) is 5.10 Å². The molecule has 124 valence electrons. The second-order valence-electron chi connectivity index (χ2n) is 5.13. The van der Waals surface area contributed by atoms with E-state index in [1.165, 1.54) is 19.2 Å². The second kappa shape index (κ2) is 5.60. The molecule has 1 aromatic heterocycles. The highest BCUT2D eigenvalue weighted by Gasteiger charge is 2.23. The van der Waals surface area contributed by atoms with Crippen molar-refractivity contribution in [2.45, 2.75) is 11.8 Å². The van der Waals surface area contributed by atoms with Crippen LogP contribution in [0.1, 0.15) is 15.9 Å². The van der Waals surface area contributed by atoms with Gasteiger partial charge in [0.05, 0.1) is 27.9 Å². The number of nitrogens with zero attached hydrogens (tertiary/aromatic N) is 1. The van der Waals surface area contributed by atoms with Gasteiger partial charge in [-0.3, -0.25) is 9.82 Å². The Balaban J connectivity index is 2.12. The quantitative estimate of drug-likeness (QED) is 0.670. The summed E-state index contributed by atoms with van der Waals surface area (Å²) in [6.45, 7) is 1.27. The molecule has 3 rings (SSSR count). The summed E-state index contributed by atoms with van der Waals surface area (Å²) < 4.78 is 41.5. The maximum absolute atomic E-state index is 13.9. The Morgan fingerprint density at radius 3 is 2.79 bits per heavy atom. The number of nitrogens with one attached hydrogen (secondary N) is 2. The molecular formula is C15H12FN3O4S. The highest BCUT2D eigenvalue weighted by Crippen LogP contribution is 2.27. The van der Waals surface area contributed by atoms with Crippen LogP contribution in [0.4, 0.5) is 10.1 Å². The van der Waals surface area contributed by atoms with E-state index in [-0.39, 0.29) is 11.3 Å². The molecule has 0 saturated heterocycles. The smallest absolute Gasteiger partial charge is 0.335 e. The number of carboxylic acids is 1. The largest absolute Gasteiger partial charge is 0.478 e. The van der Waals surface area contributed by atoms with E-state index >= 15 is 0 Å². The van der Waals surface area contributed by atoms with Gasteiger partial charge in [-0.1, -0.05) is 6.07 Å². The van der Waals surface area contributed by atoms with Crippen molar-refractivity contribution in [1.82, 2.24) is 10.2 Å². The zero-order chi connectivity index (χ0) is 17.5. The van der Waals surface area contributed by atoms with E-state index in [1.807, 2.05) is 0 Å². The Bertz CT molecular complexity index is 1060. The van der Waals surface area contributed by atoms with Crippen LogP contribution in [0, 0.1) is 12.7 Å². The van der Waals surface area contributed by atoms with Gasteiger partial charge in [0.15, 0.2) is 0 Å². The highest BCUT2D eigenvalue weighted by atomic mass is 32.2. The van der Waals surface area contributed by atoms with Crippen LogP contribution in [0.5, 0.6) is 0 Å². The van der Waals surface area contributed by atoms with E-state index in [0.717, 1.165) is 12.1 Å². The minimum absolute atomic E-state index is 0.160. The molecule has 0 aliphatic carbocycles. The normalized spacial score (nSPS) is 11.6. The summed E-state index contributed by atoms with van der Waals surface area (Å²) in [4.78, 5) is 10.6. The van der Waals surface area contributed by atoms with Crippen molar-refractivity contribution < 1.29 is 22.7 Å². The number of sulfonamides is 1. The van der Waals surface area contributed by atoms with Crippen molar-refractivity contribution in [3.8, 4) is 0 Å². The van der Waals surface area contributed by atoms with Crippen LogP contribution in [0.25, 0.3) is 10.9 Å². The van der Waals surface area contributed by atoms with E-state index in [0.29, 0.717) is 10.9 Å². The number of aromatic amines is 1. The lowest BCUT2D eigenvalue weighted by Gasteiger charge is -2.12. The maximum atomic E-state index is 13.9. The first-order chi connectivity index (χ1) is 11.3. The number of H-pyrrole nitrogens is 1. The van der Waals surface area contributed by atoms with Crippen LogP contribution >= 0.6 is 0 Å². The van der Waals surface area contributed by atoms with Gasteiger partial charge in [0.1, 0.15) is 5.82 Å². The molecule has 0 spiro atoms. The van der Waals surface area contributed by atoms with Crippen LogP contribution in [0.3, 0.4) is 0 Å². The number of rotatable bonds is 4. The summed E-state index contributed by atoms with van der Waals surface area (Å²) in [5, 5.41) is 16.1. The standard InChI is InChI=1S/C15H12FN3O4S/c1-8-11(16)5-9(15(20)21)6-14(8)24(22,23)19-13-4-2-3-12-10(13)7-17-18-12/h2-7,19H,1H3,(H,17,18)(H,20,21). The predicted octanol–water partition coefficient (Wildman–Crippen LogP) is 2.51. The second-order valence-corrected chi connectivity index (χ2v) is 6.78. The number of hydrogen-bond donors (Lipinski definition) is 3. The number of benzene rings is 2. The number of carbonyl (C=O) groups is 1. The number of carboxylic acid groups (broad SMARTS) is 1. The SMILES string of the molecule is Cc1c(F)cc(C(=O)O)cc1S(=O)(=O)Nc1cccc2[nH]ncc12. The predicted molar refractivity (Wildman–Crippen MR) is 85.0 cm³/mol.